The standard InChI is InChI=1S/C25H27NO3/c1-5-6-7-12-26-21(18-10-8-15(2)9-11-18)20-22(27)19-14-16(3)13-17(4)23(19)29-24(20)25(26)28/h8-11,13-14,21H,5-7,12H2,1-4H3. The molecule has 1 atom stereocenters. The number of hydrogen-bond donors (Lipinski definition) is 0. The third-order valence-electron chi connectivity index (χ3n) is 5.79. The Hall–Kier alpha value is -2.88. The van der Waals surface area contributed by atoms with Crippen molar-refractivity contribution in [2.24, 2.45) is 0 Å². The van der Waals surface area contributed by atoms with Gasteiger partial charge in [0.2, 0.25) is 5.76 Å². The molecule has 4 heteroatoms. The molecule has 1 aromatic heterocycles. The fourth-order valence-electron chi connectivity index (χ4n) is 4.33. The Bertz CT molecular complexity index is 1140. The largest absolute Gasteiger partial charge is 0.450 e. The van der Waals surface area contributed by atoms with Gasteiger partial charge >= 0.3 is 0 Å². The van der Waals surface area contributed by atoms with Gasteiger partial charge in [0.05, 0.1) is 17.0 Å². The average Bonchev–Trinajstić information content (AvgIpc) is 2.96. The summed E-state index contributed by atoms with van der Waals surface area (Å²) >= 11 is 0. The number of benzene rings is 2. The predicted octanol–water partition coefficient (Wildman–Crippen LogP) is 5.45. The first-order valence-electron chi connectivity index (χ1n) is 10.4. The Balaban J connectivity index is 1.95. The van der Waals surface area contributed by atoms with E-state index in [0.29, 0.717) is 23.1 Å². The molecule has 1 aliphatic rings. The van der Waals surface area contributed by atoms with E-state index in [1.807, 2.05) is 62.1 Å². The van der Waals surface area contributed by atoms with Gasteiger partial charge in [0.25, 0.3) is 5.91 Å². The van der Waals surface area contributed by atoms with Gasteiger partial charge in [-0.2, -0.15) is 0 Å². The lowest BCUT2D eigenvalue weighted by atomic mass is 9.96. The van der Waals surface area contributed by atoms with E-state index in [0.717, 1.165) is 41.5 Å². The molecule has 0 aliphatic carbocycles. The molecule has 4 nitrogen and oxygen atoms in total. The van der Waals surface area contributed by atoms with Crippen molar-refractivity contribution >= 4 is 16.9 Å². The van der Waals surface area contributed by atoms with Crippen LogP contribution in [0.25, 0.3) is 11.0 Å². The molecule has 0 bridgehead atoms. The summed E-state index contributed by atoms with van der Waals surface area (Å²) < 4.78 is 6.10. The van der Waals surface area contributed by atoms with Crippen molar-refractivity contribution in [2.45, 2.75) is 53.0 Å². The molecule has 0 fully saturated rings. The fourth-order valence-corrected chi connectivity index (χ4v) is 4.33. The van der Waals surface area contributed by atoms with Crippen LogP contribution in [0.1, 0.15) is 70.6 Å². The van der Waals surface area contributed by atoms with Crippen LogP contribution in [0.3, 0.4) is 0 Å². The van der Waals surface area contributed by atoms with Gasteiger partial charge in [-0.1, -0.05) is 55.7 Å². The molecule has 4 rings (SSSR count). The molecule has 1 aliphatic heterocycles. The number of amides is 1. The highest BCUT2D eigenvalue weighted by Crippen LogP contribution is 2.38. The average molecular weight is 389 g/mol. The number of rotatable bonds is 5. The number of nitrogens with zero attached hydrogens (tertiary/aromatic N) is 1. The summed E-state index contributed by atoms with van der Waals surface area (Å²) in [5.74, 6) is 0.0252. The zero-order chi connectivity index (χ0) is 20.7. The first-order chi connectivity index (χ1) is 13.9. The smallest absolute Gasteiger partial charge is 0.290 e. The van der Waals surface area contributed by atoms with Crippen LogP contribution in [-0.4, -0.2) is 17.4 Å². The van der Waals surface area contributed by atoms with E-state index >= 15 is 0 Å². The highest BCUT2D eigenvalue weighted by atomic mass is 16.3. The molecule has 0 spiro atoms. The van der Waals surface area contributed by atoms with Crippen LogP contribution >= 0.6 is 0 Å². The molecule has 3 aromatic rings. The number of aryl methyl sites for hydroxylation is 3. The van der Waals surface area contributed by atoms with Crippen LogP contribution in [0.5, 0.6) is 0 Å². The second kappa shape index (κ2) is 7.51. The maximum Gasteiger partial charge on any atom is 0.290 e. The van der Waals surface area contributed by atoms with Gasteiger partial charge in [-0.3, -0.25) is 9.59 Å². The van der Waals surface area contributed by atoms with E-state index in [4.69, 9.17) is 4.42 Å². The van der Waals surface area contributed by atoms with E-state index in [1.54, 1.807) is 0 Å². The zero-order valence-corrected chi connectivity index (χ0v) is 17.5. The Kier molecular flexibility index (Phi) is 5.03. The van der Waals surface area contributed by atoms with Gasteiger partial charge in [-0.25, -0.2) is 0 Å². The van der Waals surface area contributed by atoms with Crippen LogP contribution in [0.2, 0.25) is 0 Å². The molecule has 0 saturated heterocycles. The third-order valence-corrected chi connectivity index (χ3v) is 5.79. The number of fused-ring (bicyclic) bond motifs is 2. The molecule has 0 N–H and O–H groups in total. The van der Waals surface area contributed by atoms with E-state index in [1.165, 1.54) is 0 Å². The van der Waals surface area contributed by atoms with E-state index in [2.05, 4.69) is 6.92 Å². The minimum absolute atomic E-state index is 0.0926. The third kappa shape index (κ3) is 3.27. The SMILES string of the molecule is CCCCCN1C(=O)c2oc3c(C)cc(C)cc3c(=O)c2C1c1ccc(C)cc1. The first kappa shape index (κ1) is 19.4. The van der Waals surface area contributed by atoms with Crippen LogP contribution in [0.4, 0.5) is 0 Å². The predicted molar refractivity (Wildman–Crippen MR) is 116 cm³/mol. The van der Waals surface area contributed by atoms with Crippen molar-refractivity contribution < 1.29 is 9.21 Å². The topological polar surface area (TPSA) is 50.5 Å². The monoisotopic (exact) mass is 389 g/mol. The molecule has 0 saturated carbocycles. The molecule has 150 valence electrons. The van der Waals surface area contributed by atoms with Crippen molar-refractivity contribution in [1.82, 2.24) is 4.90 Å². The quantitative estimate of drug-likeness (QED) is 0.545. The summed E-state index contributed by atoms with van der Waals surface area (Å²) in [6, 6.07) is 11.5. The molecule has 0 radical (unpaired) electrons. The van der Waals surface area contributed by atoms with Crippen LogP contribution < -0.4 is 5.43 Å². The number of carbonyl (C=O) groups is 1. The minimum Gasteiger partial charge on any atom is -0.450 e. The van der Waals surface area contributed by atoms with Crippen LogP contribution in [0.15, 0.2) is 45.6 Å². The van der Waals surface area contributed by atoms with Gasteiger partial charge < -0.3 is 9.32 Å². The van der Waals surface area contributed by atoms with Crippen molar-refractivity contribution in [3.05, 3.63) is 80.2 Å². The number of carbonyl (C=O) groups excluding carboxylic acids is 1. The molecular formula is C25H27NO3. The molecule has 2 heterocycles. The lowest BCUT2D eigenvalue weighted by Gasteiger charge is -2.25. The van der Waals surface area contributed by atoms with Crippen molar-refractivity contribution in [1.29, 1.82) is 0 Å². The Labute approximate surface area is 171 Å². The van der Waals surface area contributed by atoms with E-state index in [9.17, 15) is 9.59 Å². The van der Waals surface area contributed by atoms with Crippen LogP contribution in [0, 0.1) is 20.8 Å². The van der Waals surface area contributed by atoms with Crippen molar-refractivity contribution in [2.75, 3.05) is 6.54 Å². The minimum atomic E-state index is -0.392. The Morgan fingerprint density at radius 2 is 1.69 bits per heavy atom. The lowest BCUT2D eigenvalue weighted by Crippen LogP contribution is -2.30. The van der Waals surface area contributed by atoms with Gasteiger partial charge in [-0.05, 0) is 49.9 Å². The number of hydrogen-bond acceptors (Lipinski definition) is 3. The first-order valence-corrected chi connectivity index (χ1v) is 10.4. The van der Waals surface area contributed by atoms with E-state index < -0.39 is 6.04 Å². The second-order valence-electron chi connectivity index (χ2n) is 8.15. The Morgan fingerprint density at radius 3 is 2.38 bits per heavy atom. The molecule has 1 unspecified atom stereocenters. The van der Waals surface area contributed by atoms with Crippen molar-refractivity contribution in [3.8, 4) is 0 Å². The van der Waals surface area contributed by atoms with Crippen LogP contribution in [-0.2, 0) is 0 Å². The normalized spacial score (nSPS) is 15.9. The zero-order valence-electron chi connectivity index (χ0n) is 17.5. The maximum absolute atomic E-state index is 13.6. The van der Waals surface area contributed by atoms with Gasteiger partial charge in [-0.15, -0.1) is 0 Å². The second-order valence-corrected chi connectivity index (χ2v) is 8.15. The summed E-state index contributed by atoms with van der Waals surface area (Å²) in [5, 5.41) is 0.557. The molecule has 1 amide bonds. The fraction of sp³-hybridized carbons (Fsp3) is 0.360. The van der Waals surface area contributed by atoms with Gasteiger partial charge in [0.1, 0.15) is 5.58 Å². The highest BCUT2D eigenvalue weighted by molar-refractivity contribution is 5.99. The summed E-state index contributed by atoms with van der Waals surface area (Å²) in [4.78, 5) is 28.7. The molecule has 2 aromatic carbocycles. The Morgan fingerprint density at radius 1 is 0.966 bits per heavy atom. The van der Waals surface area contributed by atoms with Crippen molar-refractivity contribution in [3.63, 3.8) is 0 Å². The summed E-state index contributed by atoms with van der Waals surface area (Å²) in [6.45, 7) is 8.67. The summed E-state index contributed by atoms with van der Waals surface area (Å²) in [5.41, 5.74) is 4.90. The highest BCUT2D eigenvalue weighted by Gasteiger charge is 2.42. The summed E-state index contributed by atoms with van der Waals surface area (Å²) in [7, 11) is 0. The lowest BCUT2D eigenvalue weighted by molar-refractivity contribution is 0.0724. The summed E-state index contributed by atoms with van der Waals surface area (Å²) in [6.07, 6.45) is 3.02. The van der Waals surface area contributed by atoms with Gasteiger partial charge in [0, 0.05) is 6.54 Å². The molecule has 29 heavy (non-hydrogen) atoms. The number of unbranched alkanes of at least 4 members (excludes halogenated alkanes) is 2. The maximum atomic E-state index is 13.6. The molecular weight excluding hydrogens is 362 g/mol. The van der Waals surface area contributed by atoms with Gasteiger partial charge in [0.15, 0.2) is 5.43 Å². The van der Waals surface area contributed by atoms with E-state index in [-0.39, 0.29) is 17.1 Å².